The van der Waals surface area contributed by atoms with Crippen molar-refractivity contribution in [3.63, 3.8) is 0 Å². The van der Waals surface area contributed by atoms with E-state index in [1.165, 1.54) is 7.11 Å². The molecule has 0 atom stereocenters. The maximum absolute atomic E-state index is 7.53. The fourth-order valence-electron chi connectivity index (χ4n) is 0. The molecule has 0 aliphatic carbocycles. The molecule has 0 spiro atoms. The predicted octanol–water partition coefficient (Wildman–Crippen LogP) is 0.678. The number of hydrogen-bond acceptors (Lipinski definition) is 1. The molecule has 0 unspecified atom stereocenters. The zero-order valence-electron chi connectivity index (χ0n) is 4.01. The van der Waals surface area contributed by atoms with Gasteiger partial charge in [0.2, 0.25) is 0 Å². The summed E-state index contributed by atoms with van der Waals surface area (Å²) in [6.45, 7) is 0. The summed E-state index contributed by atoms with van der Waals surface area (Å²) in [6, 6.07) is 0. The minimum Gasteiger partial charge on any atom is -0.778 e. The monoisotopic (exact) mass is 162 g/mol. The van der Waals surface area contributed by atoms with Gasteiger partial charge in [-0.15, -0.1) is 0 Å². The van der Waals surface area contributed by atoms with Crippen LogP contribution in [0.3, 0.4) is 0 Å². The SMILES string of the molecule is COC=[N-].[CH3-].[Y]. The molecule has 0 aromatic rings. The van der Waals surface area contributed by atoms with Crippen molar-refractivity contribution in [3.8, 4) is 0 Å². The van der Waals surface area contributed by atoms with Gasteiger partial charge in [0.1, 0.15) is 0 Å². The number of hydrogen-bond donors (Lipinski definition) is 0. The molecule has 1 radical (unpaired) electrons. The van der Waals surface area contributed by atoms with Crippen LogP contribution in [0.4, 0.5) is 0 Å². The van der Waals surface area contributed by atoms with Gasteiger partial charge in [0.25, 0.3) is 0 Å². The first kappa shape index (κ1) is 16.0. The van der Waals surface area contributed by atoms with E-state index in [2.05, 4.69) is 4.74 Å². The summed E-state index contributed by atoms with van der Waals surface area (Å²) in [6.07, 6.45) is 0.625. The molecule has 0 aromatic heterocycles. The third kappa shape index (κ3) is 23.6. The van der Waals surface area contributed by atoms with E-state index in [1.807, 2.05) is 0 Å². The first-order chi connectivity index (χ1) is 1.91. The smallest absolute Gasteiger partial charge is 0.0738 e. The van der Waals surface area contributed by atoms with Crippen molar-refractivity contribution in [1.29, 1.82) is 0 Å². The number of ether oxygens (including phenoxy) is 1. The van der Waals surface area contributed by atoms with Gasteiger partial charge in [-0.1, -0.05) is 0 Å². The average Bonchev–Trinajstić information content (AvgIpc) is 1.37. The van der Waals surface area contributed by atoms with Gasteiger partial charge >= 0.3 is 0 Å². The van der Waals surface area contributed by atoms with Crippen LogP contribution in [0.2, 0.25) is 0 Å². The minimum absolute atomic E-state index is 0. The summed E-state index contributed by atoms with van der Waals surface area (Å²) in [7, 11) is 1.38. The van der Waals surface area contributed by atoms with Crippen LogP contribution in [-0.4, -0.2) is 13.5 Å². The first-order valence-corrected chi connectivity index (χ1v) is 0.902. The summed E-state index contributed by atoms with van der Waals surface area (Å²) < 4.78 is 3.97. The van der Waals surface area contributed by atoms with Crippen LogP contribution < -0.4 is 0 Å². The summed E-state index contributed by atoms with van der Waals surface area (Å²) in [4.78, 5) is 0. The van der Waals surface area contributed by atoms with E-state index >= 15 is 0 Å². The molecule has 6 heavy (non-hydrogen) atoms. The number of rotatable bonds is 1. The van der Waals surface area contributed by atoms with Gasteiger partial charge in [-0.25, -0.2) is 0 Å². The molecule has 0 N–H and O–H groups in total. The molecule has 0 saturated carbocycles. The Morgan fingerprint density at radius 3 is 1.83 bits per heavy atom. The minimum atomic E-state index is 0. The Labute approximate surface area is 63.7 Å². The Kier molecular flexibility index (Phi) is 46.9. The average molecular weight is 162 g/mol. The standard InChI is InChI=1S/C2H4NO.CH3.Y/c1-4-2-3;;/h2H,1H3;1H3;/q2*-1;. The van der Waals surface area contributed by atoms with E-state index in [4.69, 9.17) is 5.41 Å². The molecule has 0 fully saturated rings. The third-order valence-corrected chi connectivity index (χ3v) is 0.105. The van der Waals surface area contributed by atoms with Crippen LogP contribution in [0, 0.1) is 7.43 Å². The Hall–Kier alpha value is 0.574. The fraction of sp³-hybridized carbons (Fsp3) is 0.333. The van der Waals surface area contributed by atoms with Gasteiger partial charge in [-0.05, 0) is 6.40 Å². The van der Waals surface area contributed by atoms with Crippen LogP contribution in [0.1, 0.15) is 0 Å². The third-order valence-electron chi connectivity index (χ3n) is 0.105. The molecule has 0 saturated heterocycles. The fourth-order valence-corrected chi connectivity index (χ4v) is 0. The maximum atomic E-state index is 7.53. The van der Waals surface area contributed by atoms with Crippen LogP contribution >= 0.6 is 0 Å². The maximum Gasteiger partial charge on any atom is 0.0738 e. The van der Waals surface area contributed by atoms with Crippen molar-refractivity contribution < 1.29 is 37.4 Å². The molecule has 0 bridgehead atoms. The molecule has 0 heterocycles. The zero-order chi connectivity index (χ0) is 3.41. The van der Waals surface area contributed by atoms with Gasteiger partial charge in [-0.3, -0.25) is 0 Å². The molecule has 0 aromatic carbocycles. The number of nitrogens with zero attached hydrogens (tertiary/aromatic N) is 1. The van der Waals surface area contributed by atoms with E-state index < -0.39 is 0 Å². The van der Waals surface area contributed by atoms with Gasteiger partial charge in [-0.2, -0.15) is 0 Å². The van der Waals surface area contributed by atoms with Gasteiger partial charge < -0.3 is 17.6 Å². The summed E-state index contributed by atoms with van der Waals surface area (Å²) in [5.41, 5.74) is 0. The predicted molar refractivity (Wildman–Crippen MR) is 22.8 cm³/mol. The second-order valence-electron chi connectivity index (χ2n) is 0.341. The largest absolute Gasteiger partial charge is 0.778 e. The zero-order valence-corrected chi connectivity index (χ0v) is 6.85. The van der Waals surface area contributed by atoms with E-state index in [1.54, 1.807) is 0 Å². The van der Waals surface area contributed by atoms with E-state index in [-0.39, 0.29) is 40.1 Å². The Morgan fingerprint density at radius 1 is 1.67 bits per heavy atom. The summed E-state index contributed by atoms with van der Waals surface area (Å²) in [5.74, 6) is 0. The van der Waals surface area contributed by atoms with Crippen LogP contribution in [-0.2, 0) is 37.4 Å². The molecule has 2 nitrogen and oxygen atoms in total. The van der Waals surface area contributed by atoms with Crippen molar-refractivity contribution in [2.45, 2.75) is 0 Å². The Balaban J connectivity index is -0.0000000450. The van der Waals surface area contributed by atoms with Crippen molar-refractivity contribution in [1.82, 2.24) is 0 Å². The molecular weight excluding hydrogens is 155 g/mol. The molecule has 35 valence electrons. The summed E-state index contributed by atoms with van der Waals surface area (Å²) >= 11 is 0. The van der Waals surface area contributed by atoms with Gasteiger partial charge in [0, 0.05) is 32.7 Å². The van der Waals surface area contributed by atoms with Crippen LogP contribution in [0.5, 0.6) is 0 Å². The van der Waals surface area contributed by atoms with E-state index in [0.717, 1.165) is 0 Å². The second kappa shape index (κ2) is 17.6. The molecule has 0 rings (SSSR count). The Bertz CT molecular complexity index is 24.8. The molecule has 0 amide bonds. The quantitative estimate of drug-likeness (QED) is 0.317. The van der Waals surface area contributed by atoms with Gasteiger partial charge in [0.15, 0.2) is 0 Å². The van der Waals surface area contributed by atoms with E-state index in [0.29, 0.717) is 6.40 Å². The molecule has 3 heteroatoms. The topological polar surface area (TPSA) is 31.5 Å². The molecule has 0 aliphatic heterocycles. The van der Waals surface area contributed by atoms with Crippen LogP contribution in [0.15, 0.2) is 0 Å². The van der Waals surface area contributed by atoms with Crippen molar-refractivity contribution in [3.05, 3.63) is 12.8 Å². The second-order valence-corrected chi connectivity index (χ2v) is 0.341. The van der Waals surface area contributed by atoms with Crippen molar-refractivity contribution >= 4 is 6.40 Å². The Morgan fingerprint density at radius 2 is 1.83 bits per heavy atom. The normalized spacial score (nSPS) is 3.50. The van der Waals surface area contributed by atoms with Crippen molar-refractivity contribution in [2.24, 2.45) is 0 Å². The van der Waals surface area contributed by atoms with E-state index in [9.17, 15) is 0 Å². The van der Waals surface area contributed by atoms with Gasteiger partial charge in [0.05, 0.1) is 7.11 Å². The number of methoxy groups -OCH3 is 1. The van der Waals surface area contributed by atoms with Crippen molar-refractivity contribution in [2.75, 3.05) is 7.11 Å². The molecule has 0 aliphatic rings. The molecular formula is C3H7NOY-2. The summed E-state index contributed by atoms with van der Waals surface area (Å²) in [5, 5.41) is 7.53. The van der Waals surface area contributed by atoms with Crippen LogP contribution in [0.25, 0.3) is 5.41 Å². The first-order valence-electron chi connectivity index (χ1n) is 0.902.